The first kappa shape index (κ1) is 28.4. The van der Waals surface area contributed by atoms with E-state index in [-0.39, 0.29) is 30.6 Å². The fraction of sp³-hybridized carbons (Fsp3) is 0.778. The third-order valence-electron chi connectivity index (χ3n) is 5.79. The summed E-state index contributed by atoms with van der Waals surface area (Å²) < 4.78 is 50.6. The number of aliphatic hydroxyl groups excluding tert-OH is 1. The van der Waals surface area contributed by atoms with Gasteiger partial charge in [-0.3, -0.25) is 23.4 Å². The number of aromatic nitrogens is 2. The molecule has 1 aromatic heterocycles. The van der Waals surface area contributed by atoms with E-state index in [0.29, 0.717) is 6.42 Å². The van der Waals surface area contributed by atoms with Gasteiger partial charge in [0.2, 0.25) is 0 Å². The van der Waals surface area contributed by atoms with Crippen LogP contribution >= 0.6 is 15.6 Å². The predicted octanol–water partition coefficient (Wildman–Crippen LogP) is 0.199. The Morgan fingerprint density at radius 2 is 1.89 bits per heavy atom. The third-order valence-corrected chi connectivity index (χ3v) is 8.42. The fourth-order valence-electron chi connectivity index (χ4n) is 4.02. The standard InChI is InChI=1S/C18H31N3O12P2/c1-10-8-21(18(24)19-17(10)23)15-7-13(22)14(31-15)9-29-34(25,26)33-35(27,28)32-16-6-5-12(20(3)4)11(2)30-16/h8,11-16,22H,5-7,9H2,1-4H3,(H,25,26)(H,27,28)(H,19,23,24)/t11-,12+,13+,14-,15-,16-/m1/s1. The van der Waals surface area contributed by atoms with Gasteiger partial charge in [0.1, 0.15) is 12.3 Å². The van der Waals surface area contributed by atoms with Crippen molar-refractivity contribution in [3.05, 3.63) is 32.6 Å². The van der Waals surface area contributed by atoms with Gasteiger partial charge in [-0.25, -0.2) is 13.9 Å². The SMILES string of the molecule is Cc1cn([C@H]2C[C@H](O)[C@@H](COP(=O)(O)OP(=O)(O)O[C@@H]3CC[C@H](N(C)C)[C@@H](C)O3)O2)c(=O)[nH]c1=O. The summed E-state index contributed by atoms with van der Waals surface area (Å²) in [6, 6.07) is 0.0682. The highest BCUT2D eigenvalue weighted by Crippen LogP contribution is 2.61. The zero-order valence-electron chi connectivity index (χ0n) is 19.7. The Balaban J connectivity index is 1.54. The third kappa shape index (κ3) is 7.40. The van der Waals surface area contributed by atoms with Crippen LogP contribution in [0.2, 0.25) is 0 Å². The van der Waals surface area contributed by atoms with E-state index in [1.54, 1.807) is 6.92 Å². The van der Waals surface area contributed by atoms with Gasteiger partial charge < -0.3 is 29.3 Å². The second-order valence-corrected chi connectivity index (χ2v) is 11.7. The van der Waals surface area contributed by atoms with Gasteiger partial charge in [0, 0.05) is 30.6 Å². The van der Waals surface area contributed by atoms with Gasteiger partial charge in [0.25, 0.3) is 5.56 Å². The predicted molar refractivity (Wildman–Crippen MR) is 119 cm³/mol. The van der Waals surface area contributed by atoms with E-state index in [9.17, 15) is 33.6 Å². The summed E-state index contributed by atoms with van der Waals surface area (Å²) in [5, 5.41) is 10.2. The van der Waals surface area contributed by atoms with Crippen LogP contribution in [0.15, 0.2) is 15.8 Å². The second kappa shape index (κ2) is 11.0. The number of aliphatic hydroxyl groups is 1. The lowest BCUT2D eigenvalue weighted by Crippen LogP contribution is -2.45. The molecule has 3 heterocycles. The van der Waals surface area contributed by atoms with E-state index in [2.05, 4.69) is 9.29 Å². The number of nitrogens with zero attached hydrogens (tertiary/aromatic N) is 2. The number of rotatable bonds is 9. The number of hydrogen-bond acceptors (Lipinski definition) is 11. The fourth-order valence-corrected chi connectivity index (χ4v) is 6.19. The lowest BCUT2D eigenvalue weighted by molar-refractivity contribution is -0.170. The van der Waals surface area contributed by atoms with E-state index >= 15 is 0 Å². The first-order valence-corrected chi connectivity index (χ1v) is 13.8. The molecular formula is C18H31N3O12P2. The van der Waals surface area contributed by atoms with Crippen LogP contribution in [0, 0.1) is 6.92 Å². The van der Waals surface area contributed by atoms with Gasteiger partial charge in [-0.15, -0.1) is 0 Å². The molecule has 2 aliphatic rings. The smallest absolute Gasteiger partial charge is 0.390 e. The summed E-state index contributed by atoms with van der Waals surface area (Å²) in [5.74, 6) is 0. The van der Waals surface area contributed by atoms with Gasteiger partial charge in [-0.05, 0) is 34.4 Å². The first-order chi connectivity index (χ1) is 16.2. The highest BCUT2D eigenvalue weighted by Gasteiger charge is 2.42. The van der Waals surface area contributed by atoms with Crippen LogP contribution < -0.4 is 11.2 Å². The van der Waals surface area contributed by atoms with Gasteiger partial charge in [-0.1, -0.05) is 0 Å². The molecule has 2 fully saturated rings. The average molecular weight is 543 g/mol. The minimum absolute atomic E-state index is 0.0682. The molecule has 0 spiro atoms. The zero-order chi connectivity index (χ0) is 26.1. The van der Waals surface area contributed by atoms with E-state index < -0.39 is 58.2 Å². The summed E-state index contributed by atoms with van der Waals surface area (Å²) in [6.07, 6.45) is -2.79. The summed E-state index contributed by atoms with van der Waals surface area (Å²) in [5.41, 5.74) is -1.09. The Kier molecular flexibility index (Phi) is 8.94. The number of hydrogen-bond donors (Lipinski definition) is 4. The van der Waals surface area contributed by atoms with E-state index in [1.807, 2.05) is 19.0 Å². The van der Waals surface area contributed by atoms with E-state index in [4.69, 9.17) is 18.5 Å². The zero-order valence-corrected chi connectivity index (χ0v) is 21.5. The Bertz CT molecular complexity index is 1110. The molecule has 1 aromatic rings. The molecule has 0 aromatic carbocycles. The summed E-state index contributed by atoms with van der Waals surface area (Å²) in [4.78, 5) is 47.5. The molecule has 17 heteroatoms. The monoisotopic (exact) mass is 543 g/mol. The van der Waals surface area contributed by atoms with Crippen molar-refractivity contribution in [2.75, 3.05) is 20.7 Å². The minimum atomic E-state index is -5.13. The molecule has 0 bridgehead atoms. The molecule has 35 heavy (non-hydrogen) atoms. The molecule has 8 atom stereocenters. The largest absolute Gasteiger partial charge is 0.483 e. The number of likely N-dealkylation sites (N-methyl/N-ethyl adjacent to an activating group) is 1. The number of H-pyrrole nitrogens is 1. The van der Waals surface area contributed by atoms with E-state index in [0.717, 1.165) is 4.57 Å². The number of nitrogens with one attached hydrogen (secondary N) is 1. The van der Waals surface area contributed by atoms with Crippen LogP contribution in [0.4, 0.5) is 0 Å². The van der Waals surface area contributed by atoms with Crippen molar-refractivity contribution in [3.63, 3.8) is 0 Å². The first-order valence-electron chi connectivity index (χ1n) is 10.8. The maximum Gasteiger partial charge on any atom is 0.483 e. The number of ether oxygens (including phenoxy) is 2. The summed E-state index contributed by atoms with van der Waals surface area (Å²) >= 11 is 0. The van der Waals surface area contributed by atoms with Crippen LogP contribution in [-0.4, -0.2) is 80.7 Å². The van der Waals surface area contributed by atoms with Crippen molar-refractivity contribution in [2.24, 2.45) is 0 Å². The Morgan fingerprint density at radius 3 is 2.51 bits per heavy atom. The minimum Gasteiger partial charge on any atom is -0.390 e. The molecule has 0 aliphatic carbocycles. The summed E-state index contributed by atoms with van der Waals surface area (Å²) in [6.45, 7) is 2.55. The van der Waals surface area contributed by atoms with Crippen LogP contribution in [0.5, 0.6) is 0 Å². The Labute approximate surface area is 200 Å². The molecule has 2 saturated heterocycles. The molecule has 4 N–H and O–H groups in total. The van der Waals surface area contributed by atoms with Gasteiger partial charge in [0.05, 0.1) is 18.8 Å². The van der Waals surface area contributed by atoms with Crippen molar-refractivity contribution in [1.29, 1.82) is 0 Å². The lowest BCUT2D eigenvalue weighted by Gasteiger charge is -2.38. The Morgan fingerprint density at radius 1 is 1.20 bits per heavy atom. The number of aryl methyl sites for hydroxylation is 1. The van der Waals surface area contributed by atoms with Crippen molar-refractivity contribution in [3.8, 4) is 0 Å². The maximum absolute atomic E-state index is 12.3. The van der Waals surface area contributed by atoms with Crippen molar-refractivity contribution < 1.29 is 46.9 Å². The molecule has 15 nitrogen and oxygen atoms in total. The van der Waals surface area contributed by atoms with Crippen LogP contribution in [0.3, 0.4) is 0 Å². The molecule has 0 saturated carbocycles. The molecule has 0 radical (unpaired) electrons. The average Bonchev–Trinajstić information content (AvgIpc) is 3.08. The second-order valence-electron chi connectivity index (χ2n) is 8.71. The van der Waals surface area contributed by atoms with Crippen molar-refractivity contribution in [2.45, 2.75) is 70.0 Å². The maximum atomic E-state index is 12.3. The molecular weight excluding hydrogens is 512 g/mol. The van der Waals surface area contributed by atoms with Crippen molar-refractivity contribution in [1.82, 2.24) is 14.5 Å². The topological polar surface area (TPSA) is 199 Å². The molecule has 3 rings (SSSR count). The summed E-state index contributed by atoms with van der Waals surface area (Å²) in [7, 11) is -6.45. The number of aromatic amines is 1. The van der Waals surface area contributed by atoms with Gasteiger partial charge in [-0.2, -0.15) is 4.31 Å². The van der Waals surface area contributed by atoms with Gasteiger partial charge in [0.15, 0.2) is 6.29 Å². The quantitative estimate of drug-likeness (QED) is 0.308. The number of phosphoric acid groups is 2. The highest BCUT2D eigenvalue weighted by atomic mass is 31.3. The molecule has 0 amide bonds. The van der Waals surface area contributed by atoms with Gasteiger partial charge >= 0.3 is 21.3 Å². The Hall–Kier alpha value is -1.22. The molecule has 2 unspecified atom stereocenters. The van der Waals surface area contributed by atoms with E-state index in [1.165, 1.54) is 13.1 Å². The van der Waals surface area contributed by atoms with Crippen molar-refractivity contribution >= 4 is 15.6 Å². The van der Waals surface area contributed by atoms with Crippen LogP contribution in [-0.2, 0) is 32.0 Å². The highest BCUT2D eigenvalue weighted by molar-refractivity contribution is 7.61. The number of phosphoric ester groups is 2. The normalized spacial score (nSPS) is 32.9. The molecule has 2 aliphatic heterocycles. The molecule has 200 valence electrons. The lowest BCUT2D eigenvalue weighted by atomic mass is 10.0. The van der Waals surface area contributed by atoms with Crippen LogP contribution in [0.25, 0.3) is 0 Å². The van der Waals surface area contributed by atoms with Crippen LogP contribution in [0.1, 0.15) is 38.0 Å².